The summed E-state index contributed by atoms with van der Waals surface area (Å²) in [4.78, 5) is 0. The van der Waals surface area contributed by atoms with E-state index in [1.807, 2.05) is 31.2 Å². The summed E-state index contributed by atoms with van der Waals surface area (Å²) in [5.41, 5.74) is 10.6. The Hall–Kier alpha value is -1.62. The molecule has 1 heterocycles. The van der Waals surface area contributed by atoms with E-state index in [9.17, 15) is 0 Å². The highest BCUT2D eigenvalue weighted by Crippen LogP contribution is 2.03. The van der Waals surface area contributed by atoms with Crippen LogP contribution in [-0.2, 0) is 0 Å². The van der Waals surface area contributed by atoms with Crippen LogP contribution in [0.5, 0.6) is 0 Å². The van der Waals surface area contributed by atoms with Crippen molar-refractivity contribution in [3.63, 3.8) is 0 Å². The molecule has 0 aliphatic carbocycles. The molecular formula is C9H10N4S. The fourth-order valence-corrected chi connectivity index (χ4v) is 1.22. The van der Waals surface area contributed by atoms with Crippen LogP contribution in [0.25, 0.3) is 0 Å². The Kier molecular flexibility index (Phi) is 2.32. The molecule has 3 N–H and O–H groups in total. The molecule has 1 aliphatic heterocycles. The van der Waals surface area contributed by atoms with Gasteiger partial charge in [-0.25, -0.2) is 0 Å². The van der Waals surface area contributed by atoms with Crippen molar-refractivity contribution in [1.82, 2.24) is 16.3 Å². The first-order valence-corrected chi connectivity index (χ1v) is 4.63. The number of hydrogen-bond acceptors (Lipinski definition) is 3. The highest BCUT2D eigenvalue weighted by molar-refractivity contribution is 7.80. The molecule has 0 atom stereocenters. The molecule has 14 heavy (non-hydrogen) atoms. The maximum Gasteiger partial charge on any atom is 0.205 e. The Morgan fingerprint density at radius 1 is 1.14 bits per heavy atom. The minimum absolute atomic E-state index is 0.473. The summed E-state index contributed by atoms with van der Waals surface area (Å²) in [5, 5.41) is 4.54. The minimum atomic E-state index is 0.473. The van der Waals surface area contributed by atoms with Gasteiger partial charge in [0, 0.05) is 5.56 Å². The normalized spacial score (nSPS) is 14.9. The molecule has 2 rings (SSSR count). The molecular weight excluding hydrogens is 196 g/mol. The van der Waals surface area contributed by atoms with Crippen molar-refractivity contribution < 1.29 is 0 Å². The Labute approximate surface area is 87.4 Å². The lowest BCUT2D eigenvalue weighted by atomic mass is 10.1. The Morgan fingerprint density at radius 3 is 2.43 bits per heavy atom. The Balaban J connectivity index is 2.23. The maximum atomic E-state index is 4.84. The number of hydrazine groups is 1. The summed E-state index contributed by atoms with van der Waals surface area (Å²) >= 11 is 4.84. The van der Waals surface area contributed by atoms with E-state index in [-0.39, 0.29) is 0 Å². The van der Waals surface area contributed by atoms with Gasteiger partial charge in [-0.3, -0.25) is 16.3 Å². The van der Waals surface area contributed by atoms with Crippen LogP contribution >= 0.6 is 12.2 Å². The van der Waals surface area contributed by atoms with Crippen LogP contribution in [-0.4, -0.2) is 10.9 Å². The van der Waals surface area contributed by atoms with Crippen LogP contribution < -0.4 is 16.3 Å². The van der Waals surface area contributed by atoms with Crippen LogP contribution in [0.2, 0.25) is 0 Å². The first-order valence-electron chi connectivity index (χ1n) is 4.22. The standard InChI is InChI=1S/C9H10N4S/c1-6-2-4-7(5-3-6)8-10-12-9(14)13-11-8/h2-5H,1H3,(H,10,11)(H2,12,13,14). The number of hydrazone groups is 1. The fraction of sp³-hybridized carbons (Fsp3) is 0.111. The van der Waals surface area contributed by atoms with Crippen LogP contribution in [0.3, 0.4) is 0 Å². The molecule has 0 spiro atoms. The zero-order valence-electron chi connectivity index (χ0n) is 7.66. The largest absolute Gasteiger partial charge is 0.280 e. The summed E-state index contributed by atoms with van der Waals surface area (Å²) in [7, 11) is 0. The molecule has 5 heteroatoms. The average molecular weight is 206 g/mol. The van der Waals surface area contributed by atoms with Gasteiger partial charge in [0.2, 0.25) is 5.11 Å². The number of benzene rings is 1. The van der Waals surface area contributed by atoms with Gasteiger partial charge in [-0.05, 0) is 19.1 Å². The van der Waals surface area contributed by atoms with Crippen LogP contribution in [0.15, 0.2) is 29.4 Å². The van der Waals surface area contributed by atoms with E-state index in [1.54, 1.807) is 0 Å². The van der Waals surface area contributed by atoms with Crippen molar-refractivity contribution in [1.29, 1.82) is 0 Å². The van der Waals surface area contributed by atoms with Crippen molar-refractivity contribution in [2.75, 3.05) is 0 Å². The second kappa shape index (κ2) is 3.63. The summed E-state index contributed by atoms with van der Waals surface area (Å²) < 4.78 is 0. The van der Waals surface area contributed by atoms with Crippen molar-refractivity contribution in [2.45, 2.75) is 6.92 Å². The molecule has 0 fully saturated rings. The van der Waals surface area contributed by atoms with E-state index >= 15 is 0 Å². The fourth-order valence-electron chi connectivity index (χ4n) is 1.13. The first-order chi connectivity index (χ1) is 6.75. The van der Waals surface area contributed by atoms with Gasteiger partial charge < -0.3 is 0 Å². The molecule has 0 amide bonds. The quantitative estimate of drug-likeness (QED) is 0.590. The lowest BCUT2D eigenvalue weighted by Crippen LogP contribution is -2.51. The summed E-state index contributed by atoms with van der Waals surface area (Å²) in [6.45, 7) is 2.05. The van der Waals surface area contributed by atoms with E-state index in [1.165, 1.54) is 5.56 Å². The number of hydrogen-bond donors (Lipinski definition) is 3. The average Bonchev–Trinajstić information content (AvgIpc) is 2.21. The van der Waals surface area contributed by atoms with Crippen LogP contribution in [0.1, 0.15) is 11.1 Å². The Morgan fingerprint density at radius 2 is 1.86 bits per heavy atom. The van der Waals surface area contributed by atoms with Gasteiger partial charge in [-0.2, -0.15) is 5.10 Å². The maximum absolute atomic E-state index is 4.84. The smallest absolute Gasteiger partial charge is 0.205 e. The van der Waals surface area contributed by atoms with Crippen molar-refractivity contribution in [3.05, 3.63) is 35.4 Å². The van der Waals surface area contributed by atoms with E-state index in [0.717, 1.165) is 11.4 Å². The second-order valence-electron chi connectivity index (χ2n) is 3.02. The van der Waals surface area contributed by atoms with Gasteiger partial charge in [-0.15, -0.1) is 0 Å². The number of amidine groups is 1. The number of nitrogens with one attached hydrogen (secondary N) is 3. The monoisotopic (exact) mass is 206 g/mol. The van der Waals surface area contributed by atoms with Crippen molar-refractivity contribution in [2.24, 2.45) is 5.10 Å². The topological polar surface area (TPSA) is 48.5 Å². The predicted octanol–water partition coefficient (Wildman–Crippen LogP) is 0.639. The molecule has 0 saturated carbocycles. The number of nitrogens with zero attached hydrogens (tertiary/aromatic N) is 1. The first kappa shape index (κ1) is 8.96. The van der Waals surface area contributed by atoms with Gasteiger partial charge in [0.1, 0.15) is 0 Å². The minimum Gasteiger partial charge on any atom is -0.280 e. The third kappa shape index (κ3) is 1.82. The lowest BCUT2D eigenvalue weighted by Gasteiger charge is -2.17. The van der Waals surface area contributed by atoms with Gasteiger partial charge >= 0.3 is 0 Å². The van der Waals surface area contributed by atoms with E-state index in [0.29, 0.717) is 5.11 Å². The number of thiocarbonyl (C=S) groups is 1. The molecule has 0 unspecified atom stereocenters. The van der Waals surface area contributed by atoms with Gasteiger partial charge in [0.05, 0.1) is 0 Å². The predicted molar refractivity (Wildman–Crippen MR) is 59.7 cm³/mol. The van der Waals surface area contributed by atoms with E-state index < -0.39 is 0 Å². The zero-order chi connectivity index (χ0) is 9.97. The lowest BCUT2D eigenvalue weighted by molar-refractivity contribution is 0.776. The van der Waals surface area contributed by atoms with Gasteiger partial charge in [0.25, 0.3) is 0 Å². The van der Waals surface area contributed by atoms with Crippen LogP contribution in [0.4, 0.5) is 0 Å². The SMILES string of the molecule is Cc1ccc(C2=NNC(=S)NN2)cc1. The van der Waals surface area contributed by atoms with Crippen molar-refractivity contribution >= 4 is 23.2 Å². The summed E-state index contributed by atoms with van der Waals surface area (Å²) in [6, 6.07) is 8.07. The molecule has 1 aliphatic rings. The van der Waals surface area contributed by atoms with Gasteiger partial charge in [0.15, 0.2) is 5.84 Å². The van der Waals surface area contributed by atoms with Gasteiger partial charge in [-0.1, -0.05) is 29.8 Å². The third-order valence-electron chi connectivity index (χ3n) is 1.89. The molecule has 0 saturated heterocycles. The van der Waals surface area contributed by atoms with E-state index in [4.69, 9.17) is 12.2 Å². The molecule has 1 aromatic rings. The number of rotatable bonds is 1. The summed E-state index contributed by atoms with van der Waals surface area (Å²) in [5.74, 6) is 0.735. The molecule has 4 nitrogen and oxygen atoms in total. The summed E-state index contributed by atoms with van der Waals surface area (Å²) in [6.07, 6.45) is 0. The highest BCUT2D eigenvalue weighted by atomic mass is 32.1. The zero-order valence-corrected chi connectivity index (χ0v) is 8.48. The van der Waals surface area contributed by atoms with Crippen molar-refractivity contribution in [3.8, 4) is 0 Å². The second-order valence-corrected chi connectivity index (χ2v) is 3.43. The van der Waals surface area contributed by atoms with Crippen LogP contribution in [0, 0.1) is 6.92 Å². The Bertz CT molecular complexity index is 382. The highest BCUT2D eigenvalue weighted by Gasteiger charge is 2.07. The molecule has 0 bridgehead atoms. The third-order valence-corrected chi connectivity index (χ3v) is 2.08. The molecule has 0 aromatic heterocycles. The van der Waals surface area contributed by atoms with E-state index in [2.05, 4.69) is 21.4 Å². The molecule has 0 radical (unpaired) electrons. The molecule has 1 aromatic carbocycles. The molecule has 72 valence electrons. The number of aryl methyl sites for hydroxylation is 1.